The van der Waals surface area contributed by atoms with E-state index in [1.54, 1.807) is 12.1 Å². The Balaban J connectivity index is 0.000000225. The van der Waals surface area contributed by atoms with Gasteiger partial charge in [-0.25, -0.2) is 0 Å². The number of anilines is 4. The van der Waals surface area contributed by atoms with Crippen molar-refractivity contribution >= 4 is 28.4 Å². The number of nitrogens with zero attached hydrogens (tertiary/aromatic N) is 1. The molecule has 0 unspecified atom stereocenters. The summed E-state index contributed by atoms with van der Waals surface area (Å²) in [6, 6.07) is 18.5. The van der Waals surface area contributed by atoms with Gasteiger partial charge in [0.15, 0.2) is 0 Å². The summed E-state index contributed by atoms with van der Waals surface area (Å²) < 4.78 is 9.93. The first-order chi connectivity index (χ1) is 13.8. The molecule has 3 aromatic rings. The minimum absolute atomic E-state index is 0.0641. The van der Waals surface area contributed by atoms with Gasteiger partial charge >= 0.3 is 0 Å². The number of ether oxygens (including phenoxy) is 2. The molecule has 0 heterocycles. The van der Waals surface area contributed by atoms with E-state index in [2.05, 4.69) is 0 Å². The number of nitro benzene ring substituents is 1. The van der Waals surface area contributed by atoms with Crippen LogP contribution in [0.5, 0.6) is 11.5 Å². The maximum Gasteiger partial charge on any atom is 0.269 e. The molecule has 0 amide bonds. The van der Waals surface area contributed by atoms with Gasteiger partial charge in [-0.2, -0.15) is 0 Å². The first kappa shape index (κ1) is 22.9. The molecule has 3 aromatic carbocycles. The van der Waals surface area contributed by atoms with Crippen LogP contribution in [0.2, 0.25) is 0 Å². The summed E-state index contributed by atoms with van der Waals surface area (Å²) in [5.41, 5.74) is 24.3. The van der Waals surface area contributed by atoms with E-state index in [9.17, 15) is 10.1 Å². The maximum absolute atomic E-state index is 10.1. The van der Waals surface area contributed by atoms with E-state index in [-0.39, 0.29) is 5.69 Å². The summed E-state index contributed by atoms with van der Waals surface area (Å²) in [5, 5.41) is 10.1. The zero-order valence-corrected chi connectivity index (χ0v) is 16.2. The molecule has 8 N–H and O–H groups in total. The Kier molecular flexibility index (Phi) is 9.12. The van der Waals surface area contributed by atoms with Gasteiger partial charge < -0.3 is 32.4 Å². The first-order valence-electron chi connectivity index (χ1n) is 8.35. The van der Waals surface area contributed by atoms with Crippen molar-refractivity contribution in [3.63, 3.8) is 0 Å². The van der Waals surface area contributed by atoms with Crippen molar-refractivity contribution in [2.24, 2.45) is 0 Å². The molecule has 0 aliphatic carbocycles. The molecule has 0 saturated carbocycles. The van der Waals surface area contributed by atoms with Crippen molar-refractivity contribution in [2.45, 2.75) is 0 Å². The lowest BCUT2D eigenvalue weighted by atomic mass is 10.2. The van der Waals surface area contributed by atoms with Crippen LogP contribution in [0, 0.1) is 10.1 Å². The van der Waals surface area contributed by atoms with Crippen LogP contribution in [0.25, 0.3) is 0 Å². The smallest absolute Gasteiger partial charge is 0.269 e. The van der Waals surface area contributed by atoms with E-state index in [1.165, 1.54) is 38.5 Å². The third kappa shape index (κ3) is 7.95. The molecule has 0 saturated heterocycles. The number of non-ortho nitro benzene ring substituents is 1. The molecule has 0 aromatic heterocycles. The number of para-hydroxylation sites is 1. The lowest BCUT2D eigenvalue weighted by molar-refractivity contribution is -0.384. The second-order valence-corrected chi connectivity index (χ2v) is 5.60. The number of hydrogen-bond donors (Lipinski definition) is 4. The average Bonchev–Trinajstić information content (AvgIpc) is 2.71. The maximum atomic E-state index is 10.1. The SMILES string of the molecule is COc1cc(N)c(OC)cc1N.Nc1ccc([N+](=O)[O-])cc1.Nc1ccccc1. The zero-order chi connectivity index (χ0) is 21.8. The van der Waals surface area contributed by atoms with Gasteiger partial charge in [-0.1, -0.05) is 18.2 Å². The Morgan fingerprint density at radius 2 is 1.14 bits per heavy atom. The second-order valence-electron chi connectivity index (χ2n) is 5.60. The van der Waals surface area contributed by atoms with E-state index < -0.39 is 4.92 Å². The van der Waals surface area contributed by atoms with Gasteiger partial charge in [-0.05, 0) is 24.3 Å². The van der Waals surface area contributed by atoms with Crippen molar-refractivity contribution in [3.8, 4) is 11.5 Å². The summed E-state index contributed by atoms with van der Waals surface area (Å²) in [6.45, 7) is 0. The average molecular weight is 399 g/mol. The number of nitrogen functional groups attached to an aromatic ring is 4. The highest BCUT2D eigenvalue weighted by Crippen LogP contribution is 2.32. The van der Waals surface area contributed by atoms with Crippen LogP contribution in [-0.4, -0.2) is 19.1 Å². The molecular formula is C20H25N5O4. The van der Waals surface area contributed by atoms with Crippen LogP contribution in [0.3, 0.4) is 0 Å². The minimum Gasteiger partial charge on any atom is -0.495 e. The molecule has 0 fully saturated rings. The van der Waals surface area contributed by atoms with Crippen LogP contribution < -0.4 is 32.4 Å². The summed E-state index contributed by atoms with van der Waals surface area (Å²) in [7, 11) is 3.08. The number of methoxy groups -OCH3 is 2. The van der Waals surface area contributed by atoms with Crippen molar-refractivity contribution in [2.75, 3.05) is 37.2 Å². The molecule has 0 spiro atoms. The fourth-order valence-electron chi connectivity index (χ4n) is 1.99. The monoisotopic (exact) mass is 399 g/mol. The Hall–Kier alpha value is -4.14. The van der Waals surface area contributed by atoms with E-state index in [4.69, 9.17) is 32.4 Å². The fourth-order valence-corrected chi connectivity index (χ4v) is 1.99. The molecule has 9 nitrogen and oxygen atoms in total. The Bertz CT molecular complexity index is 873. The molecule has 0 aliphatic rings. The largest absolute Gasteiger partial charge is 0.495 e. The third-order valence-electron chi connectivity index (χ3n) is 3.49. The summed E-state index contributed by atoms with van der Waals surface area (Å²) >= 11 is 0. The Morgan fingerprint density at radius 3 is 1.45 bits per heavy atom. The van der Waals surface area contributed by atoms with Crippen molar-refractivity contribution in [1.29, 1.82) is 0 Å². The van der Waals surface area contributed by atoms with E-state index in [1.807, 2.05) is 30.3 Å². The number of rotatable bonds is 3. The quantitative estimate of drug-likeness (QED) is 0.296. The molecule has 0 atom stereocenters. The minimum atomic E-state index is -0.459. The Labute approximate surface area is 169 Å². The van der Waals surface area contributed by atoms with E-state index in [0.717, 1.165) is 5.69 Å². The van der Waals surface area contributed by atoms with E-state index in [0.29, 0.717) is 28.6 Å². The lowest BCUT2D eigenvalue weighted by Gasteiger charge is -2.08. The predicted octanol–water partition coefficient (Wildman–Crippen LogP) is 3.31. The van der Waals surface area contributed by atoms with Gasteiger partial charge in [0.1, 0.15) is 11.5 Å². The molecular weight excluding hydrogens is 374 g/mol. The van der Waals surface area contributed by atoms with E-state index >= 15 is 0 Å². The molecule has 9 heteroatoms. The molecule has 0 aliphatic heterocycles. The van der Waals surface area contributed by atoms with Crippen molar-refractivity contribution in [1.82, 2.24) is 0 Å². The number of nitro groups is 1. The molecule has 3 rings (SSSR count). The number of hydrogen-bond acceptors (Lipinski definition) is 8. The van der Waals surface area contributed by atoms with Gasteiger partial charge in [0.25, 0.3) is 5.69 Å². The van der Waals surface area contributed by atoms with Gasteiger partial charge in [0.05, 0.1) is 30.5 Å². The van der Waals surface area contributed by atoms with Crippen molar-refractivity contribution in [3.05, 3.63) is 76.8 Å². The topological polar surface area (TPSA) is 166 Å². The number of benzene rings is 3. The molecule has 154 valence electrons. The molecule has 29 heavy (non-hydrogen) atoms. The van der Waals surface area contributed by atoms with Gasteiger partial charge in [0, 0.05) is 35.6 Å². The number of nitrogens with two attached hydrogens (primary N) is 4. The lowest BCUT2D eigenvalue weighted by Crippen LogP contribution is -1.97. The van der Waals surface area contributed by atoms with Crippen LogP contribution in [0.15, 0.2) is 66.7 Å². The predicted molar refractivity (Wildman–Crippen MR) is 117 cm³/mol. The highest BCUT2D eigenvalue weighted by molar-refractivity contribution is 5.67. The molecule has 0 radical (unpaired) electrons. The highest BCUT2D eigenvalue weighted by atomic mass is 16.6. The summed E-state index contributed by atoms with van der Waals surface area (Å²) in [6.07, 6.45) is 0. The normalized spacial score (nSPS) is 9.17. The zero-order valence-electron chi connectivity index (χ0n) is 16.2. The van der Waals surface area contributed by atoms with Crippen LogP contribution in [0.4, 0.5) is 28.4 Å². The summed E-state index contributed by atoms with van der Waals surface area (Å²) in [5.74, 6) is 1.13. The fraction of sp³-hybridized carbons (Fsp3) is 0.100. The van der Waals surface area contributed by atoms with Crippen LogP contribution >= 0.6 is 0 Å². The van der Waals surface area contributed by atoms with Gasteiger partial charge in [-0.3, -0.25) is 10.1 Å². The van der Waals surface area contributed by atoms with Crippen molar-refractivity contribution < 1.29 is 14.4 Å². The van der Waals surface area contributed by atoms with Crippen LogP contribution in [0.1, 0.15) is 0 Å². The standard InChI is InChI=1S/C8H12N2O2.C6H6N2O2.C6H7N/c1-11-7-3-6(10)8(12-2)4-5(7)9;7-5-1-3-6(4-2-5)8(9)10;7-6-4-2-1-3-5-6/h3-4H,9-10H2,1-2H3;1-4H,7H2;1-5H,7H2. The third-order valence-corrected chi connectivity index (χ3v) is 3.49. The van der Waals surface area contributed by atoms with Gasteiger partial charge in [0.2, 0.25) is 0 Å². The first-order valence-corrected chi connectivity index (χ1v) is 8.35. The Morgan fingerprint density at radius 1 is 0.724 bits per heavy atom. The second kappa shape index (κ2) is 11.5. The molecule has 0 bridgehead atoms. The van der Waals surface area contributed by atoms with Crippen LogP contribution in [-0.2, 0) is 0 Å². The van der Waals surface area contributed by atoms with Gasteiger partial charge in [-0.15, -0.1) is 0 Å². The summed E-state index contributed by atoms with van der Waals surface area (Å²) in [4.78, 5) is 9.62. The highest BCUT2D eigenvalue weighted by Gasteiger charge is 2.05.